The minimum Gasteiger partial charge on any atom is -0.338 e. The van der Waals surface area contributed by atoms with Gasteiger partial charge in [0.2, 0.25) is 5.89 Å². The van der Waals surface area contributed by atoms with Gasteiger partial charge in [0.25, 0.3) is 0 Å². The first-order chi connectivity index (χ1) is 9.71. The predicted octanol–water partition coefficient (Wildman–Crippen LogP) is 3.29. The SMILES string of the molecule is CSCc1noc(CN(C)Cc2cccc(SC)c2)n1. The van der Waals surface area contributed by atoms with Crippen molar-refractivity contribution < 1.29 is 4.52 Å². The van der Waals surface area contributed by atoms with E-state index in [0.29, 0.717) is 12.4 Å². The Labute approximate surface area is 128 Å². The summed E-state index contributed by atoms with van der Waals surface area (Å²) in [6, 6.07) is 8.58. The maximum absolute atomic E-state index is 5.25. The molecule has 1 heterocycles. The summed E-state index contributed by atoms with van der Waals surface area (Å²) in [4.78, 5) is 7.84. The van der Waals surface area contributed by atoms with Gasteiger partial charge in [-0.1, -0.05) is 17.3 Å². The van der Waals surface area contributed by atoms with Crippen LogP contribution in [0.2, 0.25) is 0 Å². The van der Waals surface area contributed by atoms with Crippen molar-refractivity contribution in [2.45, 2.75) is 23.7 Å². The van der Waals surface area contributed by atoms with Crippen LogP contribution in [0.3, 0.4) is 0 Å². The van der Waals surface area contributed by atoms with Gasteiger partial charge >= 0.3 is 0 Å². The quantitative estimate of drug-likeness (QED) is 0.731. The van der Waals surface area contributed by atoms with Crippen molar-refractivity contribution in [1.82, 2.24) is 15.0 Å². The smallest absolute Gasteiger partial charge is 0.240 e. The van der Waals surface area contributed by atoms with Gasteiger partial charge < -0.3 is 4.52 Å². The monoisotopic (exact) mass is 309 g/mol. The highest BCUT2D eigenvalue weighted by atomic mass is 32.2. The number of nitrogens with zero attached hydrogens (tertiary/aromatic N) is 3. The van der Waals surface area contributed by atoms with Crippen molar-refractivity contribution in [1.29, 1.82) is 0 Å². The summed E-state index contributed by atoms with van der Waals surface area (Å²) in [5.74, 6) is 2.24. The molecule has 0 aliphatic rings. The molecule has 1 aromatic carbocycles. The second-order valence-corrected chi connectivity index (χ2v) is 6.31. The minimum absolute atomic E-state index is 0.672. The third kappa shape index (κ3) is 4.54. The number of hydrogen-bond donors (Lipinski definition) is 0. The highest BCUT2D eigenvalue weighted by molar-refractivity contribution is 7.98. The fourth-order valence-electron chi connectivity index (χ4n) is 1.91. The van der Waals surface area contributed by atoms with Crippen LogP contribution in [0.4, 0.5) is 0 Å². The van der Waals surface area contributed by atoms with Crippen molar-refractivity contribution in [3.8, 4) is 0 Å². The van der Waals surface area contributed by atoms with E-state index in [1.54, 1.807) is 23.5 Å². The lowest BCUT2D eigenvalue weighted by atomic mass is 10.2. The van der Waals surface area contributed by atoms with Gasteiger partial charge in [-0.25, -0.2) is 0 Å². The van der Waals surface area contributed by atoms with E-state index in [1.807, 2.05) is 6.26 Å². The Morgan fingerprint density at radius 2 is 2.10 bits per heavy atom. The van der Waals surface area contributed by atoms with E-state index in [1.165, 1.54) is 10.5 Å². The standard InChI is InChI=1S/C14H19N3OS2/c1-17(8-11-5-4-6-12(7-11)20-3)9-14-15-13(10-19-2)16-18-14/h4-7H,8-10H2,1-3H3. The summed E-state index contributed by atoms with van der Waals surface area (Å²) in [5.41, 5.74) is 1.29. The van der Waals surface area contributed by atoms with Crippen LogP contribution >= 0.6 is 23.5 Å². The van der Waals surface area contributed by atoms with Crippen LogP contribution < -0.4 is 0 Å². The van der Waals surface area contributed by atoms with E-state index in [-0.39, 0.29) is 0 Å². The van der Waals surface area contributed by atoms with E-state index in [0.717, 1.165) is 18.1 Å². The van der Waals surface area contributed by atoms with Crippen LogP contribution in [-0.2, 0) is 18.8 Å². The fraction of sp³-hybridized carbons (Fsp3) is 0.429. The molecule has 0 unspecified atom stereocenters. The molecule has 108 valence electrons. The van der Waals surface area contributed by atoms with Crippen LogP contribution in [0.15, 0.2) is 33.7 Å². The second-order valence-electron chi connectivity index (χ2n) is 4.56. The maximum Gasteiger partial charge on any atom is 0.240 e. The molecular weight excluding hydrogens is 290 g/mol. The first-order valence-electron chi connectivity index (χ1n) is 6.33. The van der Waals surface area contributed by atoms with E-state index in [9.17, 15) is 0 Å². The summed E-state index contributed by atoms with van der Waals surface area (Å²) >= 11 is 3.45. The lowest BCUT2D eigenvalue weighted by Gasteiger charge is -2.14. The lowest BCUT2D eigenvalue weighted by molar-refractivity contribution is 0.260. The molecule has 0 aliphatic carbocycles. The number of thioether (sulfide) groups is 2. The van der Waals surface area contributed by atoms with Gasteiger partial charge in [-0.15, -0.1) is 11.8 Å². The number of rotatable bonds is 7. The third-order valence-electron chi connectivity index (χ3n) is 2.78. The molecule has 0 bridgehead atoms. The first kappa shape index (κ1) is 15.4. The molecule has 0 fully saturated rings. The van der Waals surface area contributed by atoms with E-state index in [4.69, 9.17) is 4.52 Å². The van der Waals surface area contributed by atoms with Gasteiger partial charge in [0.05, 0.1) is 12.3 Å². The Bertz CT molecular complexity index is 545. The molecule has 0 N–H and O–H groups in total. The zero-order valence-electron chi connectivity index (χ0n) is 12.0. The van der Waals surface area contributed by atoms with Crippen molar-refractivity contribution in [3.05, 3.63) is 41.5 Å². The predicted molar refractivity (Wildman–Crippen MR) is 84.9 cm³/mol. The van der Waals surface area contributed by atoms with E-state index >= 15 is 0 Å². The van der Waals surface area contributed by atoms with Crippen LogP contribution in [0.5, 0.6) is 0 Å². The van der Waals surface area contributed by atoms with Crippen molar-refractivity contribution in [2.75, 3.05) is 19.6 Å². The third-order valence-corrected chi connectivity index (χ3v) is 4.05. The molecule has 6 heteroatoms. The van der Waals surface area contributed by atoms with Crippen LogP contribution in [0, 0.1) is 0 Å². The number of hydrogen-bond acceptors (Lipinski definition) is 6. The fourth-order valence-corrected chi connectivity index (χ4v) is 2.77. The Morgan fingerprint density at radius 3 is 2.85 bits per heavy atom. The van der Waals surface area contributed by atoms with Gasteiger partial charge in [0.1, 0.15) is 0 Å². The molecule has 0 saturated heterocycles. The van der Waals surface area contributed by atoms with Gasteiger partial charge in [0.15, 0.2) is 5.82 Å². The van der Waals surface area contributed by atoms with Gasteiger partial charge in [-0.05, 0) is 37.3 Å². The van der Waals surface area contributed by atoms with Crippen molar-refractivity contribution in [3.63, 3.8) is 0 Å². The first-order valence-corrected chi connectivity index (χ1v) is 8.95. The molecule has 20 heavy (non-hydrogen) atoms. The minimum atomic E-state index is 0.672. The number of aromatic nitrogens is 2. The molecular formula is C14H19N3OS2. The zero-order chi connectivity index (χ0) is 14.4. The topological polar surface area (TPSA) is 42.2 Å². The Morgan fingerprint density at radius 1 is 1.25 bits per heavy atom. The molecule has 0 saturated carbocycles. The van der Waals surface area contributed by atoms with E-state index < -0.39 is 0 Å². The Balaban J connectivity index is 1.92. The zero-order valence-corrected chi connectivity index (χ0v) is 13.6. The van der Waals surface area contributed by atoms with Gasteiger partial charge in [-0.3, -0.25) is 4.90 Å². The summed E-state index contributed by atoms with van der Waals surface area (Å²) < 4.78 is 5.25. The highest BCUT2D eigenvalue weighted by Gasteiger charge is 2.09. The number of benzene rings is 1. The van der Waals surface area contributed by atoms with Crippen molar-refractivity contribution >= 4 is 23.5 Å². The lowest BCUT2D eigenvalue weighted by Crippen LogP contribution is -2.17. The molecule has 2 aromatic rings. The molecule has 1 aromatic heterocycles. The van der Waals surface area contributed by atoms with Crippen molar-refractivity contribution in [2.24, 2.45) is 0 Å². The maximum atomic E-state index is 5.25. The highest BCUT2D eigenvalue weighted by Crippen LogP contribution is 2.17. The summed E-state index contributed by atoms with van der Waals surface area (Å²) in [7, 11) is 2.06. The molecule has 0 amide bonds. The summed E-state index contributed by atoms with van der Waals surface area (Å²) in [6.45, 7) is 1.54. The molecule has 0 spiro atoms. The van der Waals surface area contributed by atoms with Crippen LogP contribution in [0.1, 0.15) is 17.3 Å². The van der Waals surface area contributed by atoms with Crippen LogP contribution in [-0.4, -0.2) is 34.6 Å². The molecule has 0 atom stereocenters. The molecule has 0 aliphatic heterocycles. The average molecular weight is 309 g/mol. The Kier molecular flexibility index (Phi) is 5.94. The molecule has 0 radical (unpaired) electrons. The second kappa shape index (κ2) is 7.71. The Hall–Kier alpha value is -0.980. The van der Waals surface area contributed by atoms with Gasteiger partial charge in [-0.2, -0.15) is 16.7 Å². The van der Waals surface area contributed by atoms with Crippen LogP contribution in [0.25, 0.3) is 0 Å². The summed E-state index contributed by atoms with van der Waals surface area (Å²) in [5, 5.41) is 3.96. The normalized spacial score (nSPS) is 11.2. The average Bonchev–Trinajstić information content (AvgIpc) is 2.86. The van der Waals surface area contributed by atoms with E-state index in [2.05, 4.69) is 52.6 Å². The van der Waals surface area contributed by atoms with Gasteiger partial charge in [0, 0.05) is 11.4 Å². The summed E-state index contributed by atoms with van der Waals surface area (Å²) in [6.07, 6.45) is 4.12. The molecule has 4 nitrogen and oxygen atoms in total. The molecule has 2 rings (SSSR count). The largest absolute Gasteiger partial charge is 0.338 e.